The van der Waals surface area contributed by atoms with Crippen LogP contribution in [-0.2, 0) is 23.7 Å². The second-order valence-corrected chi connectivity index (χ2v) is 6.05. The summed E-state index contributed by atoms with van der Waals surface area (Å²) in [5.41, 5.74) is 0. The van der Waals surface area contributed by atoms with Crippen molar-refractivity contribution in [2.75, 3.05) is 20.3 Å². The molecule has 2 heterocycles. The zero-order valence-corrected chi connectivity index (χ0v) is 12.9. The summed E-state index contributed by atoms with van der Waals surface area (Å²) < 4.78 is 28.2. The highest BCUT2D eigenvalue weighted by atomic mass is 79.9. The van der Waals surface area contributed by atoms with Gasteiger partial charge in [-0.25, -0.2) is 0 Å². The predicted molar refractivity (Wildman–Crippen MR) is 71.9 cm³/mol. The molecule has 0 aromatic rings. The van der Waals surface area contributed by atoms with Crippen LogP contribution in [0.25, 0.3) is 0 Å². The molecule has 6 heteroatoms. The number of halogens is 1. The molecule has 108 valence electrons. The fourth-order valence-electron chi connectivity index (χ4n) is 2.34. The third kappa shape index (κ3) is 3.30. The molecule has 0 N–H and O–H groups in total. The lowest BCUT2D eigenvalue weighted by molar-refractivity contribution is -0.181. The Kier molecular flexibility index (Phi) is 4.88. The molecule has 0 bridgehead atoms. The molecule has 5 nitrogen and oxygen atoms in total. The normalized spacial score (nSPS) is 41.3. The fraction of sp³-hybridized carbons (Fsp3) is 0.846. The van der Waals surface area contributed by atoms with Crippen LogP contribution in [0.4, 0.5) is 0 Å². The lowest BCUT2D eigenvalue weighted by Crippen LogP contribution is -2.41. The van der Waals surface area contributed by atoms with E-state index in [0.717, 1.165) is 0 Å². The number of alkyl halides is 1. The third-order valence-corrected chi connectivity index (χ3v) is 4.13. The van der Waals surface area contributed by atoms with Gasteiger partial charge in [0, 0.05) is 7.11 Å². The van der Waals surface area contributed by atoms with Gasteiger partial charge in [-0.15, -0.1) is 6.42 Å². The molecule has 0 unspecified atom stereocenters. The quantitative estimate of drug-likeness (QED) is 0.572. The highest BCUT2D eigenvalue weighted by Crippen LogP contribution is 2.36. The van der Waals surface area contributed by atoms with Gasteiger partial charge in [0.25, 0.3) is 0 Å². The van der Waals surface area contributed by atoms with E-state index in [9.17, 15) is 0 Å². The van der Waals surface area contributed by atoms with Gasteiger partial charge in [-0.05, 0) is 13.8 Å². The number of hydrogen-bond acceptors (Lipinski definition) is 5. The first-order valence-electron chi connectivity index (χ1n) is 6.17. The Hall–Kier alpha value is -0.160. The second-order valence-electron chi connectivity index (χ2n) is 5.00. The number of ether oxygens (including phenoxy) is 5. The van der Waals surface area contributed by atoms with Crippen LogP contribution in [0, 0.1) is 12.3 Å². The second kappa shape index (κ2) is 6.08. The van der Waals surface area contributed by atoms with Gasteiger partial charge in [0.05, 0.1) is 11.4 Å². The Morgan fingerprint density at radius 1 is 1.47 bits per heavy atom. The number of hydrogen-bond donors (Lipinski definition) is 0. The minimum absolute atomic E-state index is 0.0943. The Morgan fingerprint density at radius 3 is 2.74 bits per heavy atom. The number of terminal acetylenes is 1. The molecule has 2 rings (SSSR count). The van der Waals surface area contributed by atoms with E-state index in [4.69, 9.17) is 30.1 Å². The Morgan fingerprint density at radius 2 is 2.21 bits per heavy atom. The minimum Gasteiger partial charge on any atom is -0.361 e. The van der Waals surface area contributed by atoms with Gasteiger partial charge >= 0.3 is 0 Å². The molecule has 0 aromatic carbocycles. The fourth-order valence-corrected chi connectivity index (χ4v) is 3.13. The van der Waals surface area contributed by atoms with Crippen LogP contribution < -0.4 is 0 Å². The lowest BCUT2D eigenvalue weighted by atomic mass is 10.1. The predicted octanol–water partition coefficient (Wildman–Crippen LogP) is 1.29. The molecule has 2 fully saturated rings. The first-order chi connectivity index (χ1) is 8.98. The molecule has 0 spiro atoms. The van der Waals surface area contributed by atoms with Gasteiger partial charge in [-0.1, -0.05) is 21.9 Å². The van der Waals surface area contributed by atoms with E-state index in [-0.39, 0.29) is 36.0 Å². The van der Waals surface area contributed by atoms with Crippen molar-refractivity contribution in [1.29, 1.82) is 0 Å². The maximum absolute atomic E-state index is 5.84. The minimum atomic E-state index is -0.600. The SMILES string of the molecule is C#CCO[C@@H]1[C@@H](Br)[C@H](OC)O[C@@H]1[C@H]1COC(C)(C)O1. The van der Waals surface area contributed by atoms with E-state index in [1.165, 1.54) is 0 Å². The van der Waals surface area contributed by atoms with Gasteiger partial charge in [-0.3, -0.25) is 0 Å². The van der Waals surface area contributed by atoms with E-state index in [1.54, 1.807) is 7.11 Å². The molecule has 0 amide bonds. The topological polar surface area (TPSA) is 46.2 Å². The van der Waals surface area contributed by atoms with E-state index in [0.29, 0.717) is 6.61 Å². The van der Waals surface area contributed by atoms with E-state index in [1.807, 2.05) is 13.8 Å². The summed E-state index contributed by atoms with van der Waals surface area (Å²) in [5.74, 6) is 1.86. The standard InChI is InChI=1S/C13H19BrO5/c1-5-6-16-11-9(14)12(15-4)18-10(11)8-7-17-13(2,3)19-8/h1,8-12H,6-7H2,2-4H3/t8-,9-,10-,11-,12-/m1/s1. The van der Waals surface area contributed by atoms with Crippen LogP contribution in [0.2, 0.25) is 0 Å². The molecule has 2 saturated heterocycles. The van der Waals surface area contributed by atoms with Gasteiger partial charge in [0.15, 0.2) is 12.1 Å². The summed E-state index contributed by atoms with van der Waals surface area (Å²) in [4.78, 5) is -0.0943. The molecule has 2 aliphatic heterocycles. The summed E-state index contributed by atoms with van der Waals surface area (Å²) >= 11 is 3.54. The number of rotatable bonds is 4. The maximum atomic E-state index is 5.84. The Bertz CT molecular complexity index is 353. The molecule has 19 heavy (non-hydrogen) atoms. The van der Waals surface area contributed by atoms with Crippen molar-refractivity contribution < 1.29 is 23.7 Å². The van der Waals surface area contributed by atoms with Crippen LogP contribution in [0.15, 0.2) is 0 Å². The zero-order valence-electron chi connectivity index (χ0n) is 11.3. The van der Waals surface area contributed by atoms with Gasteiger partial charge in [-0.2, -0.15) is 0 Å². The first-order valence-corrected chi connectivity index (χ1v) is 7.09. The Labute approximate surface area is 122 Å². The molecule has 0 aliphatic carbocycles. The van der Waals surface area contributed by atoms with Crippen LogP contribution >= 0.6 is 15.9 Å². The summed E-state index contributed by atoms with van der Waals surface area (Å²) in [6, 6.07) is 0. The number of methoxy groups -OCH3 is 1. The molecular formula is C13H19BrO5. The highest BCUT2D eigenvalue weighted by Gasteiger charge is 2.51. The van der Waals surface area contributed by atoms with E-state index in [2.05, 4.69) is 21.9 Å². The van der Waals surface area contributed by atoms with Crippen molar-refractivity contribution in [1.82, 2.24) is 0 Å². The third-order valence-electron chi connectivity index (χ3n) is 3.18. The average Bonchev–Trinajstić information content (AvgIpc) is 2.87. The van der Waals surface area contributed by atoms with Crippen molar-refractivity contribution in [3.63, 3.8) is 0 Å². The molecule has 5 atom stereocenters. The van der Waals surface area contributed by atoms with Crippen molar-refractivity contribution in [2.45, 2.75) is 49.1 Å². The van der Waals surface area contributed by atoms with Crippen molar-refractivity contribution in [3.8, 4) is 12.3 Å². The van der Waals surface area contributed by atoms with Crippen molar-refractivity contribution in [2.24, 2.45) is 0 Å². The van der Waals surface area contributed by atoms with Crippen LogP contribution in [0.5, 0.6) is 0 Å². The largest absolute Gasteiger partial charge is 0.361 e. The van der Waals surface area contributed by atoms with Gasteiger partial charge in [0.2, 0.25) is 0 Å². The monoisotopic (exact) mass is 334 g/mol. The molecular weight excluding hydrogens is 316 g/mol. The summed E-state index contributed by atoms with van der Waals surface area (Å²) in [5, 5.41) is 0. The van der Waals surface area contributed by atoms with E-state index >= 15 is 0 Å². The summed E-state index contributed by atoms with van der Waals surface area (Å²) in [6.45, 7) is 4.43. The summed E-state index contributed by atoms with van der Waals surface area (Å²) in [6.07, 6.45) is 4.15. The summed E-state index contributed by atoms with van der Waals surface area (Å²) in [7, 11) is 1.59. The molecule has 0 saturated carbocycles. The van der Waals surface area contributed by atoms with Crippen molar-refractivity contribution >= 4 is 15.9 Å². The Balaban J connectivity index is 2.06. The maximum Gasteiger partial charge on any atom is 0.172 e. The molecule has 0 aromatic heterocycles. The highest BCUT2D eigenvalue weighted by molar-refractivity contribution is 9.09. The average molecular weight is 335 g/mol. The molecule has 0 radical (unpaired) electrons. The van der Waals surface area contributed by atoms with Crippen LogP contribution in [-0.4, -0.2) is 55.5 Å². The van der Waals surface area contributed by atoms with Crippen molar-refractivity contribution in [3.05, 3.63) is 0 Å². The smallest absolute Gasteiger partial charge is 0.172 e. The lowest BCUT2D eigenvalue weighted by Gasteiger charge is -2.24. The van der Waals surface area contributed by atoms with Gasteiger partial charge < -0.3 is 23.7 Å². The van der Waals surface area contributed by atoms with E-state index < -0.39 is 5.79 Å². The van der Waals surface area contributed by atoms with Crippen LogP contribution in [0.3, 0.4) is 0 Å². The van der Waals surface area contributed by atoms with Crippen LogP contribution in [0.1, 0.15) is 13.8 Å². The van der Waals surface area contributed by atoms with Gasteiger partial charge in [0.1, 0.15) is 24.9 Å². The first kappa shape index (κ1) is 15.2. The zero-order chi connectivity index (χ0) is 14.0. The molecule has 2 aliphatic rings.